The molecule has 6 nitrogen and oxygen atoms in total. The number of hydrazone groups is 1. The summed E-state index contributed by atoms with van der Waals surface area (Å²) in [5, 5.41) is 4.68. The van der Waals surface area contributed by atoms with Crippen LogP contribution in [0.3, 0.4) is 0 Å². The standard InChI is InChI=1S/C26H26N4O2/c1-18-4-2-7-25-24(18)13-8-21(29-25)17-32-23-11-9-22(10-12-23)31-16-20-6-3-5-19(14-20)15-26(27)30-28/h2-14H,15-17,28H2,1H3,(H2,27,30). The Bertz CT molecular complexity index is 1240. The van der Waals surface area contributed by atoms with Gasteiger partial charge < -0.3 is 21.1 Å². The lowest BCUT2D eigenvalue weighted by Crippen LogP contribution is -2.17. The van der Waals surface area contributed by atoms with Crippen molar-refractivity contribution in [3.05, 3.63) is 101 Å². The highest BCUT2D eigenvalue weighted by Crippen LogP contribution is 2.21. The van der Waals surface area contributed by atoms with Gasteiger partial charge in [0.15, 0.2) is 0 Å². The van der Waals surface area contributed by atoms with E-state index < -0.39 is 0 Å². The molecule has 6 heteroatoms. The van der Waals surface area contributed by atoms with E-state index in [9.17, 15) is 0 Å². The zero-order valence-corrected chi connectivity index (χ0v) is 18.0. The van der Waals surface area contributed by atoms with Gasteiger partial charge in [-0.15, -0.1) is 0 Å². The van der Waals surface area contributed by atoms with Crippen LogP contribution in [0.4, 0.5) is 0 Å². The lowest BCUT2D eigenvalue weighted by molar-refractivity contribution is 0.295. The van der Waals surface area contributed by atoms with Gasteiger partial charge in [0, 0.05) is 11.8 Å². The van der Waals surface area contributed by atoms with E-state index in [4.69, 9.17) is 26.0 Å². The normalized spacial score (nSPS) is 11.5. The molecule has 0 saturated carbocycles. The highest BCUT2D eigenvalue weighted by atomic mass is 16.5. The van der Waals surface area contributed by atoms with Crippen molar-refractivity contribution >= 4 is 16.7 Å². The molecule has 0 aliphatic rings. The topological polar surface area (TPSA) is 95.8 Å². The van der Waals surface area contributed by atoms with E-state index in [2.05, 4.69) is 24.2 Å². The van der Waals surface area contributed by atoms with E-state index in [1.54, 1.807) is 0 Å². The van der Waals surface area contributed by atoms with E-state index in [1.807, 2.05) is 66.7 Å². The molecule has 3 aromatic carbocycles. The van der Waals surface area contributed by atoms with E-state index in [-0.39, 0.29) is 0 Å². The van der Waals surface area contributed by atoms with Crippen LogP contribution in [0.2, 0.25) is 0 Å². The number of nitrogens with two attached hydrogens (primary N) is 2. The summed E-state index contributed by atoms with van der Waals surface area (Å²) in [5.74, 6) is 7.14. The second kappa shape index (κ2) is 9.83. The Morgan fingerprint density at radius 1 is 0.844 bits per heavy atom. The molecule has 4 aromatic rings. The van der Waals surface area contributed by atoms with Gasteiger partial charge in [0.2, 0.25) is 0 Å². The van der Waals surface area contributed by atoms with E-state index >= 15 is 0 Å². The molecule has 0 atom stereocenters. The predicted molar refractivity (Wildman–Crippen MR) is 128 cm³/mol. The minimum Gasteiger partial charge on any atom is -0.489 e. The van der Waals surface area contributed by atoms with Crippen molar-refractivity contribution in [2.75, 3.05) is 0 Å². The molecular weight excluding hydrogens is 400 g/mol. The van der Waals surface area contributed by atoms with Crippen molar-refractivity contribution in [3.8, 4) is 11.5 Å². The van der Waals surface area contributed by atoms with Crippen molar-refractivity contribution in [2.45, 2.75) is 26.6 Å². The molecule has 0 bridgehead atoms. The number of hydrogen-bond acceptors (Lipinski definition) is 5. The van der Waals surface area contributed by atoms with Gasteiger partial charge >= 0.3 is 0 Å². The lowest BCUT2D eigenvalue weighted by Gasteiger charge is -2.10. The molecule has 1 aromatic heterocycles. The summed E-state index contributed by atoms with van der Waals surface area (Å²) in [6.45, 7) is 2.95. The van der Waals surface area contributed by atoms with Gasteiger partial charge in [-0.2, -0.15) is 5.10 Å². The molecule has 0 radical (unpaired) electrons. The average molecular weight is 427 g/mol. The van der Waals surface area contributed by atoms with Gasteiger partial charge in [0.1, 0.15) is 30.5 Å². The molecule has 4 rings (SSSR count). The predicted octanol–water partition coefficient (Wildman–Crippen LogP) is 4.47. The molecule has 0 aliphatic heterocycles. The number of nitrogens with zero attached hydrogens (tertiary/aromatic N) is 2. The minimum atomic E-state index is 0.396. The molecular formula is C26H26N4O2. The number of pyridine rings is 1. The summed E-state index contributed by atoms with van der Waals surface area (Å²) in [6.07, 6.45) is 0.516. The van der Waals surface area contributed by atoms with Crippen molar-refractivity contribution in [3.63, 3.8) is 0 Å². The molecule has 0 saturated heterocycles. The van der Waals surface area contributed by atoms with Crippen LogP contribution < -0.4 is 21.1 Å². The van der Waals surface area contributed by atoms with E-state index in [0.29, 0.717) is 25.5 Å². The molecule has 32 heavy (non-hydrogen) atoms. The Morgan fingerprint density at radius 2 is 1.53 bits per heavy atom. The molecule has 4 N–H and O–H groups in total. The Balaban J connectivity index is 1.32. The second-order valence-electron chi connectivity index (χ2n) is 7.61. The number of amidine groups is 1. The Hall–Kier alpha value is -4.06. The third kappa shape index (κ3) is 5.35. The van der Waals surface area contributed by atoms with Gasteiger partial charge in [0.05, 0.1) is 11.2 Å². The van der Waals surface area contributed by atoms with Crippen molar-refractivity contribution in [1.82, 2.24) is 4.98 Å². The highest BCUT2D eigenvalue weighted by Gasteiger charge is 2.04. The maximum Gasteiger partial charge on any atom is 0.130 e. The van der Waals surface area contributed by atoms with Gasteiger partial charge in [-0.1, -0.05) is 42.5 Å². The first kappa shape index (κ1) is 21.2. The Kier molecular flexibility index (Phi) is 6.51. The molecule has 1 heterocycles. The number of benzene rings is 3. The van der Waals surface area contributed by atoms with Crippen LogP contribution >= 0.6 is 0 Å². The third-order valence-electron chi connectivity index (χ3n) is 5.17. The number of rotatable bonds is 8. The zero-order chi connectivity index (χ0) is 22.3. The van der Waals surface area contributed by atoms with Crippen LogP contribution in [0.5, 0.6) is 11.5 Å². The number of aryl methyl sites for hydroxylation is 1. The van der Waals surface area contributed by atoms with Crippen molar-refractivity contribution in [2.24, 2.45) is 16.7 Å². The summed E-state index contributed by atoms with van der Waals surface area (Å²) in [7, 11) is 0. The first-order valence-electron chi connectivity index (χ1n) is 10.4. The van der Waals surface area contributed by atoms with Gasteiger partial charge in [-0.3, -0.25) is 0 Å². The minimum absolute atomic E-state index is 0.396. The fraction of sp³-hybridized carbons (Fsp3) is 0.154. The molecule has 0 aliphatic carbocycles. The molecule has 0 spiro atoms. The van der Waals surface area contributed by atoms with Crippen molar-refractivity contribution in [1.29, 1.82) is 0 Å². The average Bonchev–Trinajstić information content (AvgIpc) is 2.82. The number of ether oxygens (including phenoxy) is 2. The zero-order valence-electron chi connectivity index (χ0n) is 18.0. The maximum absolute atomic E-state index is 5.90. The van der Waals surface area contributed by atoms with Crippen LogP contribution in [-0.4, -0.2) is 10.8 Å². The van der Waals surface area contributed by atoms with Crippen LogP contribution in [-0.2, 0) is 19.6 Å². The van der Waals surface area contributed by atoms with Crippen LogP contribution in [0.15, 0.2) is 84.0 Å². The van der Waals surface area contributed by atoms with E-state index in [1.165, 1.54) is 10.9 Å². The smallest absolute Gasteiger partial charge is 0.130 e. The number of hydrogen-bond donors (Lipinski definition) is 2. The number of aromatic nitrogens is 1. The SMILES string of the molecule is Cc1cccc2nc(COc3ccc(OCc4cccc(C/C(N)=N/N)c4)cc3)ccc12. The maximum atomic E-state index is 5.90. The van der Waals surface area contributed by atoms with Crippen molar-refractivity contribution < 1.29 is 9.47 Å². The third-order valence-corrected chi connectivity index (χ3v) is 5.17. The molecule has 0 fully saturated rings. The highest BCUT2D eigenvalue weighted by molar-refractivity contribution is 5.82. The van der Waals surface area contributed by atoms with Crippen LogP contribution in [0.1, 0.15) is 22.4 Å². The molecule has 0 unspecified atom stereocenters. The first-order chi connectivity index (χ1) is 15.6. The van der Waals surface area contributed by atoms with Gasteiger partial charge in [-0.25, -0.2) is 4.98 Å². The second-order valence-corrected chi connectivity index (χ2v) is 7.61. The number of fused-ring (bicyclic) bond motifs is 1. The fourth-order valence-corrected chi connectivity index (χ4v) is 3.47. The Labute approximate surface area is 187 Å². The van der Waals surface area contributed by atoms with Crippen LogP contribution in [0.25, 0.3) is 10.9 Å². The summed E-state index contributed by atoms with van der Waals surface area (Å²) in [5.41, 5.74) is 10.9. The van der Waals surface area contributed by atoms with E-state index in [0.717, 1.165) is 33.8 Å². The fourth-order valence-electron chi connectivity index (χ4n) is 3.47. The van der Waals surface area contributed by atoms with Crippen LogP contribution in [0, 0.1) is 6.92 Å². The quantitative estimate of drug-likeness (QED) is 0.187. The van der Waals surface area contributed by atoms with Gasteiger partial charge in [-0.05, 0) is 60.0 Å². The Morgan fingerprint density at radius 3 is 2.28 bits per heavy atom. The summed E-state index contributed by atoms with van der Waals surface area (Å²) in [6, 6.07) is 25.8. The first-order valence-corrected chi connectivity index (χ1v) is 10.4. The molecule has 0 amide bonds. The monoisotopic (exact) mass is 426 g/mol. The lowest BCUT2D eigenvalue weighted by atomic mass is 10.1. The molecule has 162 valence electrons. The summed E-state index contributed by atoms with van der Waals surface area (Å²) < 4.78 is 11.8. The largest absolute Gasteiger partial charge is 0.489 e. The summed E-state index contributed by atoms with van der Waals surface area (Å²) >= 11 is 0. The summed E-state index contributed by atoms with van der Waals surface area (Å²) in [4.78, 5) is 4.69. The van der Waals surface area contributed by atoms with Gasteiger partial charge in [0.25, 0.3) is 0 Å².